The van der Waals surface area contributed by atoms with E-state index in [1.807, 2.05) is 0 Å². The molecule has 3 nitrogen and oxygen atoms in total. The molecule has 0 saturated carbocycles. The zero-order valence-corrected chi connectivity index (χ0v) is 10.5. The number of fused-ring (bicyclic) bond motifs is 1. The molecule has 1 heterocycles. The Morgan fingerprint density at radius 3 is 2.83 bits per heavy atom. The van der Waals surface area contributed by atoms with Gasteiger partial charge in [0, 0.05) is 23.2 Å². The second-order valence-electron chi connectivity index (χ2n) is 4.09. The number of halogens is 1. The van der Waals surface area contributed by atoms with Crippen molar-refractivity contribution in [1.82, 2.24) is 4.98 Å². The van der Waals surface area contributed by atoms with Crippen molar-refractivity contribution in [3.05, 3.63) is 41.8 Å². The van der Waals surface area contributed by atoms with E-state index in [-0.39, 0.29) is 5.56 Å². The topological polar surface area (TPSA) is 53.4 Å². The van der Waals surface area contributed by atoms with E-state index in [4.69, 9.17) is 0 Å². The normalized spacial score (nSPS) is 14.7. The van der Waals surface area contributed by atoms with Gasteiger partial charge in [-0.15, -0.1) is 0 Å². The van der Waals surface area contributed by atoms with E-state index in [2.05, 4.69) is 17.6 Å². The van der Waals surface area contributed by atoms with Gasteiger partial charge in [-0.05, 0) is 24.3 Å². The highest BCUT2D eigenvalue weighted by Crippen LogP contribution is 2.26. The van der Waals surface area contributed by atoms with Gasteiger partial charge in [0.1, 0.15) is 11.9 Å². The Hall–Kier alpha value is -1.17. The van der Waals surface area contributed by atoms with E-state index in [1.165, 1.54) is 12.1 Å². The molecule has 2 aromatic rings. The second-order valence-corrected chi connectivity index (χ2v) is 4.54. The van der Waals surface area contributed by atoms with Crippen LogP contribution in [0.3, 0.4) is 0 Å². The van der Waals surface area contributed by atoms with E-state index in [0.29, 0.717) is 17.7 Å². The van der Waals surface area contributed by atoms with Gasteiger partial charge in [0.05, 0.1) is 11.6 Å². The maximum Gasteiger partial charge on any atom is 0.131 e. The Balaban J connectivity index is 2.41. The minimum atomic E-state index is -1.25. The SMILES string of the molecule is OC(CCS)C(O)c1cc2cccnc2cc1F. The van der Waals surface area contributed by atoms with E-state index in [1.54, 1.807) is 18.3 Å². The van der Waals surface area contributed by atoms with Crippen LogP contribution in [0.15, 0.2) is 30.5 Å². The highest BCUT2D eigenvalue weighted by Gasteiger charge is 2.21. The van der Waals surface area contributed by atoms with Crippen LogP contribution in [0.2, 0.25) is 0 Å². The Labute approximate surface area is 110 Å². The molecule has 1 aromatic carbocycles. The summed E-state index contributed by atoms with van der Waals surface area (Å²) in [6.07, 6.45) is -0.393. The molecule has 2 rings (SSSR count). The average molecular weight is 267 g/mol. The molecule has 0 aliphatic rings. The summed E-state index contributed by atoms with van der Waals surface area (Å²) in [5.74, 6) is -0.137. The summed E-state index contributed by atoms with van der Waals surface area (Å²) in [6.45, 7) is 0. The maximum absolute atomic E-state index is 13.8. The fraction of sp³-hybridized carbons (Fsp3) is 0.308. The Bertz CT molecular complexity index is 550. The molecule has 0 fully saturated rings. The number of benzene rings is 1. The van der Waals surface area contributed by atoms with Crippen LogP contribution in [0.1, 0.15) is 18.1 Å². The zero-order valence-electron chi connectivity index (χ0n) is 9.62. The van der Waals surface area contributed by atoms with Crippen molar-refractivity contribution in [2.24, 2.45) is 0 Å². The Morgan fingerprint density at radius 2 is 2.11 bits per heavy atom. The number of thiol groups is 1. The van der Waals surface area contributed by atoms with Crippen molar-refractivity contribution in [2.75, 3.05) is 5.75 Å². The molecular weight excluding hydrogens is 253 g/mol. The summed E-state index contributed by atoms with van der Waals surface area (Å²) in [6, 6.07) is 6.30. The first-order chi connectivity index (χ1) is 8.63. The summed E-state index contributed by atoms with van der Waals surface area (Å²) in [5, 5.41) is 20.3. The van der Waals surface area contributed by atoms with E-state index in [9.17, 15) is 14.6 Å². The van der Waals surface area contributed by atoms with Gasteiger partial charge in [-0.2, -0.15) is 12.6 Å². The van der Waals surface area contributed by atoms with Crippen LogP contribution in [0.5, 0.6) is 0 Å². The van der Waals surface area contributed by atoms with Gasteiger partial charge in [0.25, 0.3) is 0 Å². The standard InChI is InChI=1S/C13H14FNO2S/c14-10-7-11-8(2-1-4-15-11)6-9(10)13(17)12(16)3-5-18/h1-2,4,6-7,12-13,16-18H,3,5H2. The Kier molecular flexibility index (Phi) is 4.16. The molecule has 0 bridgehead atoms. The highest BCUT2D eigenvalue weighted by atomic mass is 32.1. The van der Waals surface area contributed by atoms with Crippen LogP contribution in [-0.4, -0.2) is 27.1 Å². The van der Waals surface area contributed by atoms with Crippen LogP contribution in [-0.2, 0) is 0 Å². The van der Waals surface area contributed by atoms with Crippen molar-refractivity contribution >= 4 is 23.5 Å². The maximum atomic E-state index is 13.8. The minimum Gasteiger partial charge on any atom is -0.390 e. The molecular formula is C13H14FNO2S. The lowest BCUT2D eigenvalue weighted by Crippen LogP contribution is -2.19. The van der Waals surface area contributed by atoms with Crippen LogP contribution >= 0.6 is 12.6 Å². The first kappa shape index (κ1) is 13.3. The molecule has 2 N–H and O–H groups in total. The molecule has 0 aliphatic heterocycles. The number of hydrogen-bond acceptors (Lipinski definition) is 4. The fourth-order valence-corrected chi connectivity index (χ4v) is 2.10. The van der Waals surface area contributed by atoms with Gasteiger partial charge in [0.2, 0.25) is 0 Å². The number of aliphatic hydroxyl groups excluding tert-OH is 2. The third-order valence-electron chi connectivity index (χ3n) is 2.83. The van der Waals surface area contributed by atoms with Gasteiger partial charge in [-0.3, -0.25) is 4.98 Å². The molecule has 0 saturated heterocycles. The number of hydrogen-bond donors (Lipinski definition) is 3. The van der Waals surface area contributed by atoms with E-state index < -0.39 is 18.0 Å². The average Bonchev–Trinajstić information content (AvgIpc) is 2.37. The van der Waals surface area contributed by atoms with Crippen LogP contribution in [0, 0.1) is 5.82 Å². The predicted molar refractivity (Wildman–Crippen MR) is 71.1 cm³/mol. The summed E-state index contributed by atoms with van der Waals surface area (Å²) < 4.78 is 13.8. The largest absolute Gasteiger partial charge is 0.390 e. The third kappa shape index (κ3) is 2.63. The molecule has 2 atom stereocenters. The molecule has 18 heavy (non-hydrogen) atoms. The Morgan fingerprint density at radius 1 is 1.33 bits per heavy atom. The minimum absolute atomic E-state index is 0.0878. The fourth-order valence-electron chi connectivity index (χ4n) is 1.84. The van der Waals surface area contributed by atoms with Gasteiger partial charge in [0.15, 0.2) is 0 Å². The summed E-state index contributed by atoms with van der Waals surface area (Å²) in [7, 11) is 0. The van der Waals surface area contributed by atoms with Crippen LogP contribution < -0.4 is 0 Å². The van der Waals surface area contributed by atoms with Crippen molar-refractivity contribution in [3.63, 3.8) is 0 Å². The van der Waals surface area contributed by atoms with Crippen molar-refractivity contribution < 1.29 is 14.6 Å². The molecule has 2 unspecified atom stereocenters. The quantitative estimate of drug-likeness (QED) is 0.743. The zero-order chi connectivity index (χ0) is 13.1. The predicted octanol–water partition coefficient (Wildman–Crippen LogP) is 2.09. The lowest BCUT2D eigenvalue weighted by Gasteiger charge is -2.18. The molecule has 0 aliphatic carbocycles. The molecule has 1 aromatic heterocycles. The lowest BCUT2D eigenvalue weighted by atomic mass is 10.00. The van der Waals surface area contributed by atoms with E-state index >= 15 is 0 Å². The smallest absolute Gasteiger partial charge is 0.131 e. The summed E-state index contributed by atoms with van der Waals surface area (Å²) in [5.41, 5.74) is 0.611. The molecule has 0 spiro atoms. The highest BCUT2D eigenvalue weighted by molar-refractivity contribution is 7.80. The summed E-state index contributed by atoms with van der Waals surface area (Å²) in [4.78, 5) is 4.03. The van der Waals surface area contributed by atoms with Gasteiger partial charge < -0.3 is 10.2 Å². The molecule has 96 valence electrons. The van der Waals surface area contributed by atoms with Crippen molar-refractivity contribution in [1.29, 1.82) is 0 Å². The number of rotatable bonds is 4. The van der Waals surface area contributed by atoms with Gasteiger partial charge in [-0.25, -0.2) is 4.39 Å². The number of aliphatic hydroxyl groups is 2. The third-order valence-corrected chi connectivity index (χ3v) is 3.09. The number of aromatic nitrogens is 1. The van der Waals surface area contributed by atoms with Crippen LogP contribution in [0.4, 0.5) is 4.39 Å². The molecule has 0 amide bonds. The lowest BCUT2D eigenvalue weighted by molar-refractivity contribution is 0.0152. The molecule has 5 heteroatoms. The van der Waals surface area contributed by atoms with Crippen LogP contribution in [0.25, 0.3) is 10.9 Å². The first-order valence-electron chi connectivity index (χ1n) is 5.64. The second kappa shape index (κ2) is 5.65. The van der Waals surface area contributed by atoms with Gasteiger partial charge >= 0.3 is 0 Å². The monoisotopic (exact) mass is 267 g/mol. The molecule has 0 radical (unpaired) electrons. The van der Waals surface area contributed by atoms with Crippen molar-refractivity contribution in [3.8, 4) is 0 Å². The van der Waals surface area contributed by atoms with E-state index in [0.717, 1.165) is 5.39 Å². The first-order valence-corrected chi connectivity index (χ1v) is 6.28. The number of nitrogens with zero attached hydrogens (tertiary/aromatic N) is 1. The van der Waals surface area contributed by atoms with Gasteiger partial charge in [-0.1, -0.05) is 6.07 Å². The van der Waals surface area contributed by atoms with Crippen molar-refractivity contribution in [2.45, 2.75) is 18.6 Å². The summed E-state index contributed by atoms with van der Waals surface area (Å²) >= 11 is 3.98. The number of pyridine rings is 1.